The molecule has 0 aliphatic rings. The number of methoxy groups -OCH3 is 1. The monoisotopic (exact) mass is 546 g/mol. The molecule has 0 bridgehead atoms. The molecule has 0 unspecified atom stereocenters. The molecule has 1 aromatic carbocycles. The van der Waals surface area contributed by atoms with Gasteiger partial charge in [0.05, 0.1) is 7.11 Å². The van der Waals surface area contributed by atoms with Crippen LogP contribution < -0.4 is 5.43 Å². The highest BCUT2D eigenvalue weighted by Gasteiger charge is 2.43. The molecule has 23 heavy (non-hydrogen) atoms. The first-order chi connectivity index (χ1) is 10.8. The van der Waals surface area contributed by atoms with Gasteiger partial charge in [0.15, 0.2) is 0 Å². The lowest BCUT2D eigenvalue weighted by molar-refractivity contribution is -0.146. The van der Waals surface area contributed by atoms with Crippen LogP contribution in [0.25, 0.3) is 0 Å². The van der Waals surface area contributed by atoms with Crippen molar-refractivity contribution in [3.8, 4) is 5.75 Å². The van der Waals surface area contributed by atoms with Gasteiger partial charge in [0.1, 0.15) is 12.0 Å². The average Bonchev–Trinajstić information content (AvgIpc) is 2.53. The van der Waals surface area contributed by atoms with Gasteiger partial charge in [-0.1, -0.05) is 12.1 Å². The zero-order chi connectivity index (χ0) is 17.5. The number of hydrogen-bond acceptors (Lipinski definition) is 6. The lowest BCUT2D eigenvalue weighted by Gasteiger charge is -2.32. The number of hydrazine groups is 1. The van der Waals surface area contributed by atoms with E-state index in [0.29, 0.717) is 6.29 Å². The van der Waals surface area contributed by atoms with E-state index in [-0.39, 0.29) is 30.9 Å². The van der Waals surface area contributed by atoms with E-state index < -0.39 is 9.51 Å². The molecule has 0 fully saturated rings. The molecule has 0 radical (unpaired) electrons. The van der Waals surface area contributed by atoms with Crippen LogP contribution >= 0.6 is 45.5 Å². The van der Waals surface area contributed by atoms with Crippen LogP contribution in [0.4, 0.5) is 0 Å². The van der Waals surface area contributed by atoms with E-state index in [0.717, 1.165) is 5.56 Å². The maximum Gasteiger partial charge on any atom is 0.339 e. The van der Waals surface area contributed by atoms with Gasteiger partial charge in [-0.25, -0.2) is 4.79 Å². The summed E-state index contributed by atoms with van der Waals surface area (Å²) >= 11 is 3.72. The first-order valence-electron chi connectivity index (χ1n) is 6.58. The molecule has 1 atom stereocenters. The highest BCUT2D eigenvalue weighted by atomic mass is 127. The highest BCUT2D eigenvalue weighted by molar-refractivity contribution is 14.1. The minimum Gasteiger partial charge on any atom is -0.508 e. The molecule has 0 saturated carbocycles. The first-order valence-corrected chi connectivity index (χ1v) is 8.62. The molecule has 126 valence electrons. The third-order valence-corrected chi connectivity index (χ3v) is 6.19. The number of benzene rings is 1. The number of phenolic OH excluding ortho intramolecular Hbond substituents is 1. The summed E-state index contributed by atoms with van der Waals surface area (Å²) < 4.78 is 5.01. The number of aldehydes is 1. The molecule has 1 aromatic rings. The van der Waals surface area contributed by atoms with Crippen molar-refractivity contribution >= 4 is 63.6 Å². The molecular weight excluding hydrogens is 530 g/mol. The lowest BCUT2D eigenvalue weighted by atomic mass is 10.1. The molecule has 0 heterocycles. The number of amides is 1. The fourth-order valence-corrected chi connectivity index (χ4v) is 3.12. The normalized spacial score (nSPS) is 13.2. The fourth-order valence-electron chi connectivity index (χ4n) is 1.71. The van der Waals surface area contributed by atoms with Gasteiger partial charge in [0.2, 0.25) is 9.45 Å². The fraction of sp³-hybridized carbons (Fsp3) is 0.357. The van der Waals surface area contributed by atoms with Crippen molar-refractivity contribution in [1.82, 2.24) is 8.65 Å². The topological polar surface area (TPSA) is 95.9 Å². The number of nitrogens with one attached hydrogen (secondary N) is 1. The largest absolute Gasteiger partial charge is 0.508 e. The highest BCUT2D eigenvalue weighted by Crippen LogP contribution is 2.32. The summed E-state index contributed by atoms with van der Waals surface area (Å²) in [6.45, 7) is 0. The molecule has 2 N–H and O–H groups in total. The molecular formula is C14H16I2N2O5. The van der Waals surface area contributed by atoms with Crippen molar-refractivity contribution in [3.05, 3.63) is 29.8 Å². The van der Waals surface area contributed by atoms with Gasteiger partial charge < -0.3 is 14.6 Å². The Kier molecular flexibility index (Phi) is 8.19. The second-order valence-corrected chi connectivity index (χ2v) is 7.36. The Morgan fingerprint density at radius 1 is 1.39 bits per heavy atom. The van der Waals surface area contributed by atoms with Gasteiger partial charge in [-0.3, -0.25) is 10.2 Å². The van der Waals surface area contributed by atoms with Crippen LogP contribution in [0.15, 0.2) is 24.3 Å². The van der Waals surface area contributed by atoms with Crippen molar-refractivity contribution in [3.63, 3.8) is 0 Å². The standard InChI is InChI=1S/C14H16I2N2O5/c1-23-13(22)14(15,9-10-4-6-11(20)7-5-10)18(16)17-12(21)3-2-8-19/h4-8,20H,2-3,9H2,1H3,(H,17,21)/t14-/m0/s1. The quantitative estimate of drug-likeness (QED) is 0.0985. The van der Waals surface area contributed by atoms with E-state index in [2.05, 4.69) is 5.43 Å². The Morgan fingerprint density at radius 2 is 2.00 bits per heavy atom. The average molecular weight is 546 g/mol. The SMILES string of the molecule is COC(=O)[C@](I)(Cc1ccc(O)cc1)N(I)NC(=O)CCC=O. The van der Waals surface area contributed by atoms with E-state index >= 15 is 0 Å². The number of esters is 1. The summed E-state index contributed by atoms with van der Waals surface area (Å²) in [7, 11) is 1.27. The second kappa shape index (κ2) is 9.37. The van der Waals surface area contributed by atoms with Crippen LogP contribution in [0.1, 0.15) is 18.4 Å². The zero-order valence-corrected chi connectivity index (χ0v) is 16.6. The summed E-state index contributed by atoms with van der Waals surface area (Å²) in [4.78, 5) is 34.3. The number of rotatable bonds is 8. The van der Waals surface area contributed by atoms with Gasteiger partial charge in [0.25, 0.3) is 0 Å². The molecule has 0 spiro atoms. The van der Waals surface area contributed by atoms with E-state index in [9.17, 15) is 19.5 Å². The number of phenols is 1. The number of carbonyl (C=O) groups excluding carboxylic acids is 3. The number of aromatic hydroxyl groups is 1. The van der Waals surface area contributed by atoms with Crippen molar-refractivity contribution < 1.29 is 24.2 Å². The van der Waals surface area contributed by atoms with Gasteiger partial charge in [-0.05, 0) is 40.3 Å². The Hall–Kier alpha value is -0.950. The number of halogens is 2. The summed E-state index contributed by atoms with van der Waals surface area (Å²) in [5.41, 5.74) is 3.35. The summed E-state index contributed by atoms with van der Waals surface area (Å²) in [5.74, 6) is -0.780. The van der Waals surface area contributed by atoms with Crippen LogP contribution in [-0.2, 0) is 25.5 Å². The van der Waals surface area contributed by atoms with Gasteiger partial charge in [0, 0.05) is 42.1 Å². The van der Waals surface area contributed by atoms with Crippen LogP contribution in [0, 0.1) is 0 Å². The number of alkyl halides is 1. The molecule has 9 heteroatoms. The second-order valence-electron chi connectivity index (χ2n) is 4.62. The number of carbonyl (C=O) groups is 3. The van der Waals surface area contributed by atoms with E-state index in [4.69, 9.17) is 4.74 Å². The molecule has 7 nitrogen and oxygen atoms in total. The van der Waals surface area contributed by atoms with Gasteiger partial charge in [-0.2, -0.15) is 0 Å². The minimum absolute atomic E-state index is 0.0378. The zero-order valence-electron chi connectivity index (χ0n) is 12.3. The molecule has 0 aliphatic heterocycles. The molecule has 0 aliphatic carbocycles. The summed E-state index contributed by atoms with van der Waals surface area (Å²) in [6.07, 6.45) is 1.05. The maximum absolute atomic E-state index is 12.2. The minimum atomic E-state index is -1.18. The van der Waals surface area contributed by atoms with E-state index in [1.165, 1.54) is 22.5 Å². The number of nitrogens with zero attached hydrogens (tertiary/aromatic N) is 1. The van der Waals surface area contributed by atoms with Gasteiger partial charge in [-0.15, -0.1) is 3.22 Å². The summed E-state index contributed by atoms with van der Waals surface area (Å²) in [5, 5.41) is 9.33. The van der Waals surface area contributed by atoms with Crippen LogP contribution in [0.5, 0.6) is 5.75 Å². The van der Waals surface area contributed by atoms with Crippen molar-refractivity contribution in [2.75, 3.05) is 7.11 Å². The van der Waals surface area contributed by atoms with Crippen molar-refractivity contribution in [1.29, 1.82) is 0 Å². The molecule has 1 amide bonds. The van der Waals surface area contributed by atoms with Gasteiger partial charge >= 0.3 is 5.97 Å². The van der Waals surface area contributed by atoms with Crippen LogP contribution in [0.3, 0.4) is 0 Å². The van der Waals surface area contributed by atoms with Crippen molar-refractivity contribution in [2.24, 2.45) is 0 Å². The predicted octanol–water partition coefficient (Wildman–Crippen LogP) is 1.90. The smallest absolute Gasteiger partial charge is 0.339 e. The van der Waals surface area contributed by atoms with E-state index in [1.807, 2.05) is 45.5 Å². The first kappa shape index (κ1) is 20.1. The molecule has 0 aromatic heterocycles. The number of hydrogen-bond donors (Lipinski definition) is 2. The Morgan fingerprint density at radius 3 is 2.52 bits per heavy atom. The third-order valence-electron chi connectivity index (χ3n) is 2.90. The van der Waals surface area contributed by atoms with Crippen LogP contribution in [-0.4, -0.2) is 37.1 Å². The summed E-state index contributed by atoms with van der Waals surface area (Å²) in [6, 6.07) is 6.41. The van der Waals surface area contributed by atoms with Crippen molar-refractivity contribution in [2.45, 2.75) is 22.8 Å². The maximum atomic E-state index is 12.2. The third kappa shape index (κ3) is 5.88. The molecule has 0 saturated heterocycles. The Bertz CT molecular complexity index is 567. The Balaban J connectivity index is 2.92. The predicted molar refractivity (Wildman–Crippen MR) is 99.9 cm³/mol. The van der Waals surface area contributed by atoms with Crippen LogP contribution in [0.2, 0.25) is 0 Å². The molecule has 1 rings (SSSR count). The lowest BCUT2D eigenvalue weighted by Crippen LogP contribution is -2.54. The number of ether oxygens (including phenoxy) is 1. The van der Waals surface area contributed by atoms with E-state index in [1.54, 1.807) is 12.1 Å². The Labute approximate surface area is 161 Å².